The maximum absolute atomic E-state index is 12.1. The van der Waals surface area contributed by atoms with Crippen LogP contribution in [0.3, 0.4) is 0 Å². The zero-order chi connectivity index (χ0) is 19.9. The first kappa shape index (κ1) is 20.3. The number of aryl methyl sites for hydroxylation is 1. The number of ether oxygens (including phenoxy) is 1. The summed E-state index contributed by atoms with van der Waals surface area (Å²) >= 11 is 0. The van der Waals surface area contributed by atoms with Crippen molar-refractivity contribution in [1.29, 1.82) is 0 Å². The highest BCUT2D eigenvalue weighted by Gasteiger charge is 2.15. The van der Waals surface area contributed by atoms with Crippen LogP contribution in [0, 0.1) is 6.92 Å². The summed E-state index contributed by atoms with van der Waals surface area (Å²) in [5.74, 6) is 0.633. The van der Waals surface area contributed by atoms with Crippen LogP contribution in [0.15, 0.2) is 48.5 Å². The Labute approximate surface area is 160 Å². The van der Waals surface area contributed by atoms with Crippen LogP contribution in [0.5, 0.6) is 5.75 Å². The number of benzene rings is 2. The second kappa shape index (κ2) is 9.07. The third-order valence-electron chi connectivity index (χ3n) is 3.54. The molecule has 27 heavy (non-hydrogen) atoms. The topological polar surface area (TPSA) is 79.5 Å². The van der Waals surface area contributed by atoms with Gasteiger partial charge in [0.1, 0.15) is 12.4 Å². The molecule has 6 nitrogen and oxygen atoms in total. The van der Waals surface area contributed by atoms with E-state index < -0.39 is 0 Å². The Balaban J connectivity index is 1.74. The number of hydrogen-bond donors (Lipinski definition) is 3. The molecular weight excluding hydrogens is 342 g/mol. The predicted molar refractivity (Wildman–Crippen MR) is 107 cm³/mol. The molecule has 0 aliphatic rings. The maximum Gasteiger partial charge on any atom is 0.319 e. The zero-order valence-electron chi connectivity index (χ0n) is 16.3. The molecule has 0 saturated heterocycles. The largest absolute Gasteiger partial charge is 0.492 e. The van der Waals surface area contributed by atoms with Gasteiger partial charge in [-0.15, -0.1) is 0 Å². The molecule has 0 aliphatic carbocycles. The molecule has 0 saturated carbocycles. The van der Waals surface area contributed by atoms with Gasteiger partial charge in [0.2, 0.25) is 0 Å². The van der Waals surface area contributed by atoms with E-state index >= 15 is 0 Å². The van der Waals surface area contributed by atoms with Crippen LogP contribution >= 0.6 is 0 Å². The summed E-state index contributed by atoms with van der Waals surface area (Å²) in [7, 11) is 0. The SMILES string of the molecule is Cc1cccc(OCCNC(=O)Nc2ccc(C(=O)NC(C)(C)C)cc2)c1. The average Bonchev–Trinajstić information content (AvgIpc) is 2.58. The first-order valence-electron chi connectivity index (χ1n) is 8.90. The Morgan fingerprint density at radius 2 is 1.74 bits per heavy atom. The number of anilines is 1. The maximum atomic E-state index is 12.1. The van der Waals surface area contributed by atoms with Crippen LogP contribution in [0.4, 0.5) is 10.5 Å². The van der Waals surface area contributed by atoms with Gasteiger partial charge >= 0.3 is 6.03 Å². The van der Waals surface area contributed by atoms with E-state index in [9.17, 15) is 9.59 Å². The lowest BCUT2D eigenvalue weighted by molar-refractivity contribution is 0.0919. The molecule has 0 fully saturated rings. The molecule has 3 N–H and O–H groups in total. The minimum Gasteiger partial charge on any atom is -0.492 e. The van der Waals surface area contributed by atoms with E-state index in [0.29, 0.717) is 24.4 Å². The summed E-state index contributed by atoms with van der Waals surface area (Å²) in [4.78, 5) is 24.0. The summed E-state index contributed by atoms with van der Waals surface area (Å²) < 4.78 is 5.58. The van der Waals surface area contributed by atoms with Gasteiger partial charge < -0.3 is 20.7 Å². The van der Waals surface area contributed by atoms with Crippen molar-refractivity contribution < 1.29 is 14.3 Å². The zero-order valence-corrected chi connectivity index (χ0v) is 16.3. The molecule has 6 heteroatoms. The van der Waals surface area contributed by atoms with Crippen LogP contribution in [0.25, 0.3) is 0 Å². The van der Waals surface area contributed by atoms with Crippen molar-refractivity contribution in [3.05, 3.63) is 59.7 Å². The number of urea groups is 1. The van der Waals surface area contributed by atoms with E-state index in [1.165, 1.54) is 0 Å². The average molecular weight is 369 g/mol. The van der Waals surface area contributed by atoms with Gasteiger partial charge in [0.05, 0.1) is 6.54 Å². The van der Waals surface area contributed by atoms with Crippen LogP contribution < -0.4 is 20.7 Å². The highest BCUT2D eigenvalue weighted by atomic mass is 16.5. The van der Waals surface area contributed by atoms with Crippen molar-refractivity contribution in [2.75, 3.05) is 18.5 Å². The Hall–Kier alpha value is -3.02. The molecule has 0 unspecified atom stereocenters. The Kier molecular flexibility index (Phi) is 6.82. The van der Waals surface area contributed by atoms with E-state index in [-0.39, 0.29) is 17.5 Å². The van der Waals surface area contributed by atoms with Crippen LogP contribution in [-0.2, 0) is 0 Å². The molecule has 0 aromatic heterocycles. The molecule has 3 amide bonds. The minimum atomic E-state index is -0.324. The van der Waals surface area contributed by atoms with Gasteiger partial charge in [-0.2, -0.15) is 0 Å². The molecule has 0 heterocycles. The molecule has 0 atom stereocenters. The Bertz CT molecular complexity index is 780. The van der Waals surface area contributed by atoms with E-state index in [1.807, 2.05) is 52.0 Å². The summed E-state index contributed by atoms with van der Waals surface area (Å²) in [6, 6.07) is 14.2. The summed E-state index contributed by atoms with van der Waals surface area (Å²) in [5, 5.41) is 8.35. The highest BCUT2D eigenvalue weighted by molar-refractivity contribution is 5.95. The van der Waals surface area contributed by atoms with E-state index in [0.717, 1.165) is 11.3 Å². The van der Waals surface area contributed by atoms with Crippen molar-refractivity contribution in [3.8, 4) is 5.75 Å². The summed E-state index contributed by atoms with van der Waals surface area (Å²) in [6.45, 7) is 8.53. The third kappa shape index (κ3) is 7.40. The molecule has 0 bridgehead atoms. The highest BCUT2D eigenvalue weighted by Crippen LogP contribution is 2.12. The van der Waals surface area contributed by atoms with Crippen LogP contribution in [0.2, 0.25) is 0 Å². The van der Waals surface area contributed by atoms with E-state index in [1.54, 1.807) is 24.3 Å². The quantitative estimate of drug-likeness (QED) is 0.679. The lowest BCUT2D eigenvalue weighted by atomic mass is 10.1. The number of carbonyl (C=O) groups excluding carboxylic acids is 2. The Morgan fingerprint density at radius 3 is 2.37 bits per heavy atom. The molecule has 2 aromatic rings. The van der Waals surface area contributed by atoms with Crippen LogP contribution in [-0.4, -0.2) is 30.6 Å². The van der Waals surface area contributed by atoms with Gasteiger partial charge in [0.15, 0.2) is 0 Å². The number of hydrogen-bond acceptors (Lipinski definition) is 3. The fourth-order valence-corrected chi connectivity index (χ4v) is 2.33. The monoisotopic (exact) mass is 369 g/mol. The third-order valence-corrected chi connectivity index (χ3v) is 3.54. The van der Waals surface area contributed by atoms with Gasteiger partial charge in [-0.05, 0) is 69.7 Å². The lowest BCUT2D eigenvalue weighted by Gasteiger charge is -2.20. The second-order valence-electron chi connectivity index (χ2n) is 7.33. The fourth-order valence-electron chi connectivity index (χ4n) is 2.33. The second-order valence-corrected chi connectivity index (χ2v) is 7.33. The predicted octanol–water partition coefficient (Wildman–Crippen LogP) is 3.72. The fraction of sp³-hybridized carbons (Fsp3) is 0.333. The minimum absolute atomic E-state index is 0.146. The van der Waals surface area contributed by atoms with E-state index in [2.05, 4.69) is 16.0 Å². The number of carbonyl (C=O) groups is 2. The standard InChI is InChI=1S/C21H27N3O3/c1-15-6-5-7-18(14-15)27-13-12-22-20(26)23-17-10-8-16(9-11-17)19(25)24-21(2,3)4/h5-11,14H,12-13H2,1-4H3,(H,24,25)(H2,22,23,26). The van der Waals surface area contributed by atoms with Gasteiger partial charge in [0.25, 0.3) is 5.91 Å². The van der Waals surface area contributed by atoms with E-state index in [4.69, 9.17) is 4.74 Å². The van der Waals surface area contributed by atoms with Gasteiger partial charge in [-0.1, -0.05) is 12.1 Å². The Morgan fingerprint density at radius 1 is 1.04 bits per heavy atom. The van der Waals surface area contributed by atoms with Gasteiger partial charge in [-0.25, -0.2) is 4.79 Å². The van der Waals surface area contributed by atoms with Crippen molar-refractivity contribution in [2.45, 2.75) is 33.2 Å². The number of rotatable bonds is 6. The summed E-state index contributed by atoms with van der Waals surface area (Å²) in [6.07, 6.45) is 0. The van der Waals surface area contributed by atoms with Crippen molar-refractivity contribution in [1.82, 2.24) is 10.6 Å². The molecule has 0 spiro atoms. The van der Waals surface area contributed by atoms with Crippen LogP contribution in [0.1, 0.15) is 36.7 Å². The normalized spacial score (nSPS) is 10.8. The molecule has 0 aliphatic heterocycles. The lowest BCUT2D eigenvalue weighted by Crippen LogP contribution is -2.40. The van der Waals surface area contributed by atoms with Crippen molar-refractivity contribution >= 4 is 17.6 Å². The molecular formula is C21H27N3O3. The van der Waals surface area contributed by atoms with Crippen molar-refractivity contribution in [2.24, 2.45) is 0 Å². The molecule has 2 aromatic carbocycles. The van der Waals surface area contributed by atoms with Gasteiger partial charge in [0, 0.05) is 16.8 Å². The number of nitrogens with one attached hydrogen (secondary N) is 3. The van der Waals surface area contributed by atoms with Gasteiger partial charge in [-0.3, -0.25) is 4.79 Å². The summed E-state index contributed by atoms with van der Waals surface area (Å²) in [5.41, 5.74) is 1.98. The molecule has 144 valence electrons. The first-order chi connectivity index (χ1) is 12.7. The molecule has 2 rings (SSSR count). The van der Waals surface area contributed by atoms with Crippen molar-refractivity contribution in [3.63, 3.8) is 0 Å². The number of amides is 3. The first-order valence-corrected chi connectivity index (χ1v) is 8.90. The molecule has 0 radical (unpaired) electrons. The smallest absolute Gasteiger partial charge is 0.319 e.